The summed E-state index contributed by atoms with van der Waals surface area (Å²) in [6, 6.07) is -1.82. The summed E-state index contributed by atoms with van der Waals surface area (Å²) in [5.41, 5.74) is 0.843. The molecule has 112 valence electrons. The van der Waals surface area contributed by atoms with Crippen LogP contribution in [0.1, 0.15) is 27.2 Å². The van der Waals surface area contributed by atoms with Crippen LogP contribution in [0, 0.1) is 0 Å². The molecule has 0 fully saturated rings. The van der Waals surface area contributed by atoms with Gasteiger partial charge in [0, 0.05) is 0 Å². The van der Waals surface area contributed by atoms with Crippen LogP contribution in [-0.2, 0) is 14.4 Å². The largest absolute Gasteiger partial charge is 0.444 e. The van der Waals surface area contributed by atoms with Crippen molar-refractivity contribution in [2.24, 2.45) is 0 Å². The second-order valence-corrected chi connectivity index (χ2v) is 4.69. The molecule has 6 nitrogen and oxygen atoms in total. The van der Waals surface area contributed by atoms with E-state index in [1.165, 1.54) is 0 Å². The molecule has 2 N–H and O–H groups in total. The number of nitrogens with one attached hydrogen (secondary N) is 2. The third-order valence-electron chi connectivity index (χ3n) is 1.65. The first-order valence-electron chi connectivity index (χ1n) is 5.33. The molecule has 1 atom stereocenters. The van der Waals surface area contributed by atoms with Gasteiger partial charge in [-0.1, -0.05) is 0 Å². The van der Waals surface area contributed by atoms with Crippen molar-refractivity contribution in [1.82, 2.24) is 10.8 Å². The van der Waals surface area contributed by atoms with Crippen molar-refractivity contribution < 1.29 is 32.3 Å². The molecule has 9 heteroatoms. The summed E-state index contributed by atoms with van der Waals surface area (Å²) in [4.78, 5) is 26.9. The third-order valence-corrected chi connectivity index (χ3v) is 1.65. The van der Waals surface area contributed by atoms with Crippen LogP contribution in [0.5, 0.6) is 0 Å². The average molecular weight is 286 g/mol. The van der Waals surface area contributed by atoms with Gasteiger partial charge in [-0.3, -0.25) is 9.63 Å². The average Bonchev–Trinajstić information content (AvgIpc) is 2.11. The second-order valence-electron chi connectivity index (χ2n) is 4.69. The Labute approximate surface area is 108 Å². The van der Waals surface area contributed by atoms with Gasteiger partial charge in [-0.2, -0.15) is 13.2 Å². The number of hydrogen-bond donors (Lipinski definition) is 2. The zero-order valence-corrected chi connectivity index (χ0v) is 11.1. The molecule has 0 heterocycles. The summed E-state index contributed by atoms with van der Waals surface area (Å²) in [5, 5.41) is 1.84. The maximum atomic E-state index is 12.3. The van der Waals surface area contributed by atoms with Gasteiger partial charge in [-0.05, 0) is 20.8 Å². The van der Waals surface area contributed by atoms with Crippen molar-refractivity contribution in [1.29, 1.82) is 0 Å². The molecule has 0 rings (SSSR count). The SMILES string of the molecule is CONC(=O)C(CC(F)(F)F)NC(=O)OC(C)(C)C. The number of alkyl carbamates (subject to hydrolysis) is 1. The van der Waals surface area contributed by atoms with Gasteiger partial charge in [0.05, 0.1) is 13.5 Å². The van der Waals surface area contributed by atoms with E-state index in [2.05, 4.69) is 4.84 Å². The zero-order valence-electron chi connectivity index (χ0n) is 11.1. The second kappa shape index (κ2) is 6.60. The third kappa shape index (κ3) is 9.11. The number of halogens is 3. The summed E-state index contributed by atoms with van der Waals surface area (Å²) >= 11 is 0. The summed E-state index contributed by atoms with van der Waals surface area (Å²) < 4.78 is 41.6. The Hall–Kier alpha value is -1.51. The van der Waals surface area contributed by atoms with E-state index in [-0.39, 0.29) is 0 Å². The highest BCUT2D eigenvalue weighted by Crippen LogP contribution is 2.22. The Balaban J connectivity index is 4.67. The number of carbonyl (C=O) groups excluding carboxylic acids is 2. The summed E-state index contributed by atoms with van der Waals surface area (Å²) in [6.07, 6.45) is -7.26. The molecule has 0 aromatic heterocycles. The summed E-state index contributed by atoms with van der Waals surface area (Å²) in [7, 11) is 1.07. The van der Waals surface area contributed by atoms with Crippen LogP contribution in [0.3, 0.4) is 0 Å². The van der Waals surface area contributed by atoms with Crippen molar-refractivity contribution in [3.05, 3.63) is 0 Å². The van der Waals surface area contributed by atoms with Crippen LogP contribution >= 0.6 is 0 Å². The van der Waals surface area contributed by atoms with Crippen molar-refractivity contribution in [3.63, 3.8) is 0 Å². The first-order valence-corrected chi connectivity index (χ1v) is 5.33. The number of carbonyl (C=O) groups is 2. The molecule has 2 amide bonds. The molecule has 0 aromatic carbocycles. The van der Waals surface area contributed by atoms with E-state index in [0.29, 0.717) is 0 Å². The van der Waals surface area contributed by atoms with E-state index in [1.807, 2.05) is 5.32 Å². The fourth-order valence-electron chi connectivity index (χ4n) is 1.06. The van der Waals surface area contributed by atoms with Crippen molar-refractivity contribution >= 4 is 12.0 Å². The smallest absolute Gasteiger partial charge is 0.408 e. The molecule has 19 heavy (non-hydrogen) atoms. The van der Waals surface area contributed by atoms with Crippen LogP contribution in [-0.4, -0.2) is 36.9 Å². The molecule has 0 spiro atoms. The molecule has 0 aliphatic heterocycles. The van der Waals surface area contributed by atoms with Gasteiger partial charge < -0.3 is 10.1 Å². The van der Waals surface area contributed by atoms with Gasteiger partial charge in [0.2, 0.25) is 0 Å². The van der Waals surface area contributed by atoms with E-state index in [0.717, 1.165) is 7.11 Å². The topological polar surface area (TPSA) is 76.7 Å². The lowest BCUT2D eigenvalue weighted by Crippen LogP contribution is -2.49. The minimum Gasteiger partial charge on any atom is -0.444 e. The molecule has 1 unspecified atom stereocenters. The van der Waals surface area contributed by atoms with E-state index in [9.17, 15) is 22.8 Å². The first kappa shape index (κ1) is 17.5. The normalized spacial score (nSPS) is 13.6. The molecule has 0 saturated heterocycles. The highest BCUT2D eigenvalue weighted by Gasteiger charge is 2.37. The number of hydrogen-bond acceptors (Lipinski definition) is 4. The predicted octanol–water partition coefficient (Wildman–Crippen LogP) is 1.51. The molecule has 0 aliphatic rings. The minimum atomic E-state index is -4.62. The highest BCUT2D eigenvalue weighted by molar-refractivity contribution is 5.84. The molecule has 0 aromatic rings. The zero-order chi connectivity index (χ0) is 15.3. The Kier molecular flexibility index (Phi) is 6.07. The quantitative estimate of drug-likeness (QED) is 0.768. The lowest BCUT2D eigenvalue weighted by Gasteiger charge is -2.23. The summed E-state index contributed by atoms with van der Waals surface area (Å²) in [5.74, 6) is -1.12. The van der Waals surface area contributed by atoms with Crippen LogP contribution in [0.15, 0.2) is 0 Å². The molecular weight excluding hydrogens is 269 g/mol. The minimum absolute atomic E-state index is 0.884. The molecule has 0 aliphatic carbocycles. The fraction of sp³-hybridized carbons (Fsp3) is 0.800. The highest BCUT2D eigenvalue weighted by atomic mass is 19.4. The predicted molar refractivity (Wildman–Crippen MR) is 59.0 cm³/mol. The molecule has 0 bridgehead atoms. The van der Waals surface area contributed by atoms with Crippen LogP contribution in [0.4, 0.5) is 18.0 Å². The lowest BCUT2D eigenvalue weighted by molar-refractivity contribution is -0.154. The van der Waals surface area contributed by atoms with Crippen LogP contribution in [0.2, 0.25) is 0 Å². The fourth-order valence-corrected chi connectivity index (χ4v) is 1.06. The first-order chi connectivity index (χ1) is 8.44. The number of amides is 2. The number of hydroxylamine groups is 1. The van der Waals surface area contributed by atoms with Gasteiger partial charge in [0.15, 0.2) is 0 Å². The Morgan fingerprint density at radius 2 is 1.74 bits per heavy atom. The van der Waals surface area contributed by atoms with Gasteiger partial charge in [-0.15, -0.1) is 0 Å². The van der Waals surface area contributed by atoms with Crippen molar-refractivity contribution in [2.45, 2.75) is 45.0 Å². The van der Waals surface area contributed by atoms with E-state index < -0.39 is 36.2 Å². The van der Waals surface area contributed by atoms with E-state index in [1.54, 1.807) is 26.3 Å². The standard InChI is InChI=1S/C10H17F3N2O4/c1-9(2,3)19-8(17)14-6(5-10(11,12)13)7(16)15-18-4/h6H,5H2,1-4H3,(H,14,17)(H,15,16). The number of alkyl halides is 3. The monoisotopic (exact) mass is 286 g/mol. The van der Waals surface area contributed by atoms with Gasteiger partial charge in [-0.25, -0.2) is 10.3 Å². The Morgan fingerprint density at radius 1 is 1.21 bits per heavy atom. The van der Waals surface area contributed by atoms with Crippen molar-refractivity contribution in [2.75, 3.05) is 7.11 Å². The molecular formula is C10H17F3N2O4. The summed E-state index contributed by atoms with van der Waals surface area (Å²) in [6.45, 7) is 4.63. The van der Waals surface area contributed by atoms with Crippen molar-refractivity contribution in [3.8, 4) is 0 Å². The number of ether oxygens (including phenoxy) is 1. The number of rotatable bonds is 4. The lowest BCUT2D eigenvalue weighted by atomic mass is 10.2. The van der Waals surface area contributed by atoms with Crippen LogP contribution < -0.4 is 10.8 Å². The van der Waals surface area contributed by atoms with E-state index >= 15 is 0 Å². The maximum absolute atomic E-state index is 12.3. The van der Waals surface area contributed by atoms with Crippen LogP contribution in [0.25, 0.3) is 0 Å². The Bertz CT molecular complexity index is 326. The molecule has 0 saturated carbocycles. The van der Waals surface area contributed by atoms with Gasteiger partial charge in [0.25, 0.3) is 5.91 Å². The van der Waals surface area contributed by atoms with Gasteiger partial charge in [0.1, 0.15) is 11.6 Å². The van der Waals surface area contributed by atoms with Gasteiger partial charge >= 0.3 is 12.3 Å². The van der Waals surface area contributed by atoms with E-state index in [4.69, 9.17) is 4.74 Å². The maximum Gasteiger partial charge on any atom is 0.408 e. The molecule has 0 radical (unpaired) electrons. The Morgan fingerprint density at radius 3 is 2.11 bits per heavy atom.